The van der Waals surface area contributed by atoms with Crippen molar-refractivity contribution in [2.24, 2.45) is 0 Å². The minimum Gasteiger partial charge on any atom is -0.207 e. The number of hydrogen-bond acceptors (Lipinski definition) is 0. The van der Waals surface area contributed by atoms with Crippen LogP contribution in [0.5, 0.6) is 0 Å². The molecule has 16 heavy (non-hydrogen) atoms. The van der Waals surface area contributed by atoms with Crippen LogP contribution in [0.1, 0.15) is 18.1 Å². The van der Waals surface area contributed by atoms with E-state index in [4.69, 9.17) is 0 Å². The first-order valence-corrected chi connectivity index (χ1v) is 5.56. The van der Waals surface area contributed by atoms with E-state index >= 15 is 0 Å². The molecule has 0 N–H and O–H groups in total. The van der Waals surface area contributed by atoms with E-state index in [1.54, 1.807) is 0 Å². The van der Waals surface area contributed by atoms with Gasteiger partial charge in [-0.05, 0) is 47.7 Å². The predicted octanol–water partition coefficient (Wildman–Crippen LogP) is 4.36. The van der Waals surface area contributed by atoms with Crippen LogP contribution in [0.25, 0.3) is 11.1 Å². The summed E-state index contributed by atoms with van der Waals surface area (Å²) >= 11 is 0. The van der Waals surface area contributed by atoms with Crippen LogP contribution >= 0.6 is 0 Å². The van der Waals surface area contributed by atoms with Gasteiger partial charge in [0.05, 0.1) is 0 Å². The third-order valence-electron chi connectivity index (χ3n) is 2.90. The second kappa shape index (κ2) is 4.48. The topological polar surface area (TPSA) is 0 Å². The van der Waals surface area contributed by atoms with Crippen molar-refractivity contribution in [1.82, 2.24) is 0 Å². The van der Waals surface area contributed by atoms with Crippen molar-refractivity contribution >= 4 is 0 Å². The third kappa shape index (κ3) is 2.13. The Hall–Kier alpha value is -1.63. The van der Waals surface area contributed by atoms with Crippen LogP contribution < -0.4 is 0 Å². The van der Waals surface area contributed by atoms with Crippen molar-refractivity contribution in [2.75, 3.05) is 0 Å². The fourth-order valence-corrected chi connectivity index (χ4v) is 1.91. The summed E-state index contributed by atoms with van der Waals surface area (Å²) in [6, 6.07) is 13.0. The van der Waals surface area contributed by atoms with Crippen molar-refractivity contribution < 1.29 is 4.39 Å². The first-order valence-electron chi connectivity index (χ1n) is 5.56. The second-order valence-corrected chi connectivity index (χ2v) is 4.00. The standard InChI is InChI=1S/C15H15F/c1-3-12-4-5-14(10-11(12)2)13-6-8-15(16)9-7-13/h4-10H,3H2,1-2H3. The molecule has 0 aromatic heterocycles. The van der Waals surface area contributed by atoms with Crippen molar-refractivity contribution in [1.29, 1.82) is 0 Å². The highest BCUT2D eigenvalue weighted by Crippen LogP contribution is 2.22. The molecule has 0 radical (unpaired) electrons. The van der Waals surface area contributed by atoms with Gasteiger partial charge in [0.25, 0.3) is 0 Å². The smallest absolute Gasteiger partial charge is 0.123 e. The van der Waals surface area contributed by atoms with Gasteiger partial charge in [-0.3, -0.25) is 0 Å². The molecule has 0 heterocycles. The van der Waals surface area contributed by atoms with Gasteiger partial charge in [-0.1, -0.05) is 37.3 Å². The summed E-state index contributed by atoms with van der Waals surface area (Å²) in [5, 5.41) is 0. The van der Waals surface area contributed by atoms with Gasteiger partial charge >= 0.3 is 0 Å². The van der Waals surface area contributed by atoms with E-state index in [1.807, 2.05) is 12.1 Å². The Morgan fingerprint density at radius 1 is 0.938 bits per heavy atom. The first kappa shape index (κ1) is 10.9. The van der Waals surface area contributed by atoms with Gasteiger partial charge in [0, 0.05) is 0 Å². The number of hydrogen-bond donors (Lipinski definition) is 0. The lowest BCUT2D eigenvalue weighted by Crippen LogP contribution is -1.87. The molecule has 0 aliphatic rings. The highest BCUT2D eigenvalue weighted by Gasteiger charge is 2.01. The average molecular weight is 214 g/mol. The highest BCUT2D eigenvalue weighted by atomic mass is 19.1. The average Bonchev–Trinajstić information content (AvgIpc) is 2.30. The Morgan fingerprint density at radius 2 is 1.56 bits per heavy atom. The largest absolute Gasteiger partial charge is 0.207 e. The van der Waals surface area contributed by atoms with E-state index in [-0.39, 0.29) is 5.82 Å². The van der Waals surface area contributed by atoms with Crippen LogP contribution in [-0.2, 0) is 6.42 Å². The molecule has 0 aliphatic carbocycles. The summed E-state index contributed by atoms with van der Waals surface area (Å²) in [6.45, 7) is 4.27. The maximum Gasteiger partial charge on any atom is 0.123 e. The molecule has 0 nitrogen and oxygen atoms in total. The SMILES string of the molecule is CCc1ccc(-c2ccc(F)cc2)cc1C. The monoisotopic (exact) mass is 214 g/mol. The van der Waals surface area contributed by atoms with Crippen LogP contribution in [-0.4, -0.2) is 0 Å². The number of halogens is 1. The van der Waals surface area contributed by atoms with E-state index < -0.39 is 0 Å². The minimum atomic E-state index is -0.189. The zero-order valence-corrected chi connectivity index (χ0v) is 9.63. The van der Waals surface area contributed by atoms with Gasteiger partial charge in [-0.15, -0.1) is 0 Å². The lowest BCUT2D eigenvalue weighted by molar-refractivity contribution is 0.628. The predicted molar refractivity (Wildman–Crippen MR) is 66.0 cm³/mol. The fraction of sp³-hybridized carbons (Fsp3) is 0.200. The van der Waals surface area contributed by atoms with Crippen LogP contribution in [0.15, 0.2) is 42.5 Å². The van der Waals surface area contributed by atoms with Gasteiger partial charge in [-0.2, -0.15) is 0 Å². The Bertz CT molecular complexity index is 483. The Labute approximate surface area is 95.7 Å². The van der Waals surface area contributed by atoms with Gasteiger partial charge in [0.2, 0.25) is 0 Å². The van der Waals surface area contributed by atoms with E-state index in [2.05, 4.69) is 32.0 Å². The molecule has 2 aromatic carbocycles. The molecule has 0 saturated heterocycles. The molecule has 0 atom stereocenters. The molecule has 0 spiro atoms. The molecule has 0 fully saturated rings. The molecule has 82 valence electrons. The summed E-state index contributed by atoms with van der Waals surface area (Å²) < 4.78 is 12.8. The van der Waals surface area contributed by atoms with E-state index in [1.165, 1.54) is 23.3 Å². The maximum atomic E-state index is 12.8. The molecule has 0 aliphatic heterocycles. The van der Waals surface area contributed by atoms with Gasteiger partial charge in [0.15, 0.2) is 0 Å². The summed E-state index contributed by atoms with van der Waals surface area (Å²) in [5.74, 6) is -0.189. The summed E-state index contributed by atoms with van der Waals surface area (Å²) in [6.07, 6.45) is 1.05. The molecule has 0 unspecified atom stereocenters. The zero-order chi connectivity index (χ0) is 11.5. The highest BCUT2D eigenvalue weighted by molar-refractivity contribution is 5.64. The summed E-state index contributed by atoms with van der Waals surface area (Å²) in [5.41, 5.74) is 4.87. The normalized spacial score (nSPS) is 10.4. The molecule has 0 saturated carbocycles. The maximum absolute atomic E-state index is 12.8. The Kier molecular flexibility index (Phi) is 3.04. The first-order chi connectivity index (χ1) is 7.70. The zero-order valence-electron chi connectivity index (χ0n) is 9.63. The van der Waals surface area contributed by atoms with Crippen molar-refractivity contribution in [3.05, 3.63) is 59.4 Å². The van der Waals surface area contributed by atoms with E-state index in [9.17, 15) is 4.39 Å². The van der Waals surface area contributed by atoms with Crippen LogP contribution in [0.3, 0.4) is 0 Å². The van der Waals surface area contributed by atoms with Crippen molar-refractivity contribution in [3.8, 4) is 11.1 Å². The van der Waals surface area contributed by atoms with Crippen LogP contribution in [0, 0.1) is 12.7 Å². The molecule has 2 rings (SSSR count). The second-order valence-electron chi connectivity index (χ2n) is 4.00. The molecular formula is C15H15F. The van der Waals surface area contributed by atoms with Gasteiger partial charge < -0.3 is 0 Å². The molecular weight excluding hydrogens is 199 g/mol. The molecule has 0 bridgehead atoms. The van der Waals surface area contributed by atoms with Crippen LogP contribution in [0.2, 0.25) is 0 Å². The minimum absolute atomic E-state index is 0.189. The van der Waals surface area contributed by atoms with E-state index in [0.717, 1.165) is 17.5 Å². The third-order valence-corrected chi connectivity index (χ3v) is 2.90. The Morgan fingerprint density at radius 3 is 2.12 bits per heavy atom. The number of rotatable bonds is 2. The lowest BCUT2D eigenvalue weighted by atomic mass is 9.99. The molecule has 2 aromatic rings. The van der Waals surface area contributed by atoms with Crippen molar-refractivity contribution in [3.63, 3.8) is 0 Å². The van der Waals surface area contributed by atoms with Gasteiger partial charge in [-0.25, -0.2) is 4.39 Å². The fourth-order valence-electron chi connectivity index (χ4n) is 1.91. The Balaban J connectivity index is 2.41. The number of aryl methyl sites for hydroxylation is 2. The summed E-state index contributed by atoms with van der Waals surface area (Å²) in [4.78, 5) is 0. The molecule has 0 amide bonds. The molecule has 1 heteroatoms. The van der Waals surface area contributed by atoms with Gasteiger partial charge in [0.1, 0.15) is 5.82 Å². The summed E-state index contributed by atoms with van der Waals surface area (Å²) in [7, 11) is 0. The van der Waals surface area contributed by atoms with Crippen LogP contribution in [0.4, 0.5) is 4.39 Å². The van der Waals surface area contributed by atoms with Crippen molar-refractivity contribution in [2.45, 2.75) is 20.3 Å². The van der Waals surface area contributed by atoms with E-state index in [0.29, 0.717) is 0 Å². The number of benzene rings is 2. The quantitative estimate of drug-likeness (QED) is 0.696. The lowest BCUT2D eigenvalue weighted by Gasteiger charge is -2.07.